The molecule has 1 N–H and O–H groups in total. The number of aromatic nitrogens is 1. The van der Waals surface area contributed by atoms with Crippen LogP contribution in [0.5, 0.6) is 0 Å². The fourth-order valence-corrected chi connectivity index (χ4v) is 2.91. The van der Waals surface area contributed by atoms with E-state index in [9.17, 15) is 4.39 Å². The predicted molar refractivity (Wildman–Crippen MR) is 68.6 cm³/mol. The van der Waals surface area contributed by atoms with Crippen LogP contribution in [-0.4, -0.2) is 35.1 Å². The highest BCUT2D eigenvalue weighted by Crippen LogP contribution is 2.36. The van der Waals surface area contributed by atoms with E-state index in [4.69, 9.17) is 0 Å². The van der Waals surface area contributed by atoms with Crippen LogP contribution in [0.4, 0.5) is 4.39 Å². The van der Waals surface area contributed by atoms with Crippen LogP contribution in [0.2, 0.25) is 0 Å². The molecular formula is C14H20FN3. The average molecular weight is 249 g/mol. The standard InChI is InChI=1S/C14H20FN3/c1-10-8-18(14(7-17-10)12-2-3-12)9-11-4-13(15)6-16-5-11/h4-6,10,12,14,17H,2-3,7-9H2,1H3. The Bertz CT molecular complexity index is 419. The summed E-state index contributed by atoms with van der Waals surface area (Å²) in [5.74, 6) is 0.602. The van der Waals surface area contributed by atoms with Crippen molar-refractivity contribution in [1.82, 2.24) is 15.2 Å². The molecule has 0 radical (unpaired) electrons. The molecule has 98 valence electrons. The van der Waals surface area contributed by atoms with Gasteiger partial charge in [-0.3, -0.25) is 9.88 Å². The van der Waals surface area contributed by atoms with Gasteiger partial charge >= 0.3 is 0 Å². The van der Waals surface area contributed by atoms with Crippen LogP contribution >= 0.6 is 0 Å². The van der Waals surface area contributed by atoms with Gasteiger partial charge in [0.1, 0.15) is 5.82 Å². The van der Waals surface area contributed by atoms with Crippen LogP contribution in [0.15, 0.2) is 18.5 Å². The van der Waals surface area contributed by atoms with E-state index in [1.165, 1.54) is 19.0 Å². The van der Waals surface area contributed by atoms with Gasteiger partial charge in [0.15, 0.2) is 0 Å². The number of hydrogen-bond acceptors (Lipinski definition) is 3. The third-order valence-corrected chi connectivity index (χ3v) is 3.97. The monoisotopic (exact) mass is 249 g/mol. The normalized spacial score (nSPS) is 29.4. The lowest BCUT2D eigenvalue weighted by Gasteiger charge is -2.39. The van der Waals surface area contributed by atoms with Crippen LogP contribution in [0.25, 0.3) is 0 Å². The largest absolute Gasteiger partial charge is 0.311 e. The van der Waals surface area contributed by atoms with Gasteiger partial charge in [-0.05, 0) is 37.3 Å². The van der Waals surface area contributed by atoms with Crippen molar-refractivity contribution in [2.45, 2.75) is 38.4 Å². The van der Waals surface area contributed by atoms with E-state index in [0.717, 1.165) is 31.1 Å². The number of hydrogen-bond donors (Lipinski definition) is 1. The predicted octanol–water partition coefficient (Wildman–Crippen LogP) is 1.79. The Labute approximate surface area is 107 Å². The molecule has 0 amide bonds. The lowest BCUT2D eigenvalue weighted by atomic mass is 10.0. The summed E-state index contributed by atoms with van der Waals surface area (Å²) in [7, 11) is 0. The fraction of sp³-hybridized carbons (Fsp3) is 0.643. The first-order valence-electron chi connectivity index (χ1n) is 6.79. The van der Waals surface area contributed by atoms with Crippen molar-refractivity contribution in [3.8, 4) is 0 Å². The molecule has 1 saturated carbocycles. The summed E-state index contributed by atoms with van der Waals surface area (Å²) in [5, 5.41) is 3.55. The first-order valence-corrected chi connectivity index (χ1v) is 6.79. The minimum Gasteiger partial charge on any atom is -0.311 e. The van der Waals surface area contributed by atoms with Gasteiger partial charge in [0.25, 0.3) is 0 Å². The second kappa shape index (κ2) is 4.94. The highest BCUT2D eigenvalue weighted by molar-refractivity contribution is 5.11. The molecule has 2 unspecified atom stereocenters. The molecule has 2 fully saturated rings. The van der Waals surface area contributed by atoms with E-state index in [-0.39, 0.29) is 5.82 Å². The summed E-state index contributed by atoms with van der Waals surface area (Å²) in [4.78, 5) is 6.43. The number of pyridine rings is 1. The third-order valence-electron chi connectivity index (χ3n) is 3.97. The van der Waals surface area contributed by atoms with E-state index in [0.29, 0.717) is 12.1 Å². The third kappa shape index (κ3) is 2.70. The molecule has 1 aliphatic carbocycles. The van der Waals surface area contributed by atoms with Gasteiger partial charge < -0.3 is 5.32 Å². The lowest BCUT2D eigenvalue weighted by Crippen LogP contribution is -2.55. The molecule has 3 rings (SSSR count). The van der Waals surface area contributed by atoms with Crippen molar-refractivity contribution in [2.24, 2.45) is 5.92 Å². The Morgan fingerprint density at radius 3 is 3.00 bits per heavy atom. The summed E-state index contributed by atoms with van der Waals surface area (Å²) in [6, 6.07) is 2.73. The Hall–Kier alpha value is -1.00. The van der Waals surface area contributed by atoms with Crippen LogP contribution < -0.4 is 5.32 Å². The Kier molecular flexibility index (Phi) is 3.31. The van der Waals surface area contributed by atoms with Gasteiger partial charge in [-0.2, -0.15) is 0 Å². The fourth-order valence-electron chi connectivity index (χ4n) is 2.91. The summed E-state index contributed by atoms with van der Waals surface area (Å²) < 4.78 is 13.2. The first-order chi connectivity index (χ1) is 8.72. The summed E-state index contributed by atoms with van der Waals surface area (Å²) >= 11 is 0. The van der Waals surface area contributed by atoms with Crippen molar-refractivity contribution < 1.29 is 4.39 Å². The lowest BCUT2D eigenvalue weighted by molar-refractivity contribution is 0.112. The van der Waals surface area contributed by atoms with Crippen molar-refractivity contribution in [3.05, 3.63) is 29.8 Å². The van der Waals surface area contributed by atoms with E-state index in [1.54, 1.807) is 12.3 Å². The quantitative estimate of drug-likeness (QED) is 0.885. The van der Waals surface area contributed by atoms with Gasteiger partial charge in [0.2, 0.25) is 0 Å². The molecule has 1 saturated heterocycles. The molecule has 1 aromatic heterocycles. The molecule has 0 bridgehead atoms. The molecule has 3 nitrogen and oxygen atoms in total. The molecule has 2 atom stereocenters. The smallest absolute Gasteiger partial charge is 0.141 e. The minimum absolute atomic E-state index is 0.237. The van der Waals surface area contributed by atoms with E-state index in [1.807, 2.05) is 0 Å². The highest BCUT2D eigenvalue weighted by Gasteiger charge is 2.37. The summed E-state index contributed by atoms with van der Waals surface area (Å²) in [5.41, 5.74) is 0.981. The zero-order chi connectivity index (χ0) is 12.5. The molecule has 18 heavy (non-hydrogen) atoms. The molecule has 1 aliphatic heterocycles. The maximum atomic E-state index is 13.2. The van der Waals surface area contributed by atoms with Crippen molar-refractivity contribution in [3.63, 3.8) is 0 Å². The van der Waals surface area contributed by atoms with Crippen LogP contribution in [0.3, 0.4) is 0 Å². The highest BCUT2D eigenvalue weighted by atomic mass is 19.1. The van der Waals surface area contributed by atoms with Gasteiger partial charge in [-0.25, -0.2) is 4.39 Å². The number of nitrogens with one attached hydrogen (secondary N) is 1. The van der Waals surface area contributed by atoms with Crippen molar-refractivity contribution in [2.75, 3.05) is 13.1 Å². The maximum absolute atomic E-state index is 13.2. The number of halogens is 1. The van der Waals surface area contributed by atoms with Crippen LogP contribution in [0.1, 0.15) is 25.3 Å². The van der Waals surface area contributed by atoms with E-state index < -0.39 is 0 Å². The second-order valence-corrected chi connectivity index (χ2v) is 5.65. The van der Waals surface area contributed by atoms with E-state index >= 15 is 0 Å². The number of piperazine rings is 1. The molecule has 0 spiro atoms. The average Bonchev–Trinajstić information content (AvgIpc) is 3.13. The maximum Gasteiger partial charge on any atom is 0.141 e. The molecule has 2 aliphatic rings. The Morgan fingerprint density at radius 1 is 1.44 bits per heavy atom. The molecule has 1 aromatic rings. The SMILES string of the molecule is CC1CN(Cc2cncc(F)c2)C(C2CC2)CN1. The zero-order valence-corrected chi connectivity index (χ0v) is 10.8. The molecular weight excluding hydrogens is 229 g/mol. The van der Waals surface area contributed by atoms with Gasteiger partial charge in [-0.1, -0.05) is 0 Å². The number of nitrogens with zero attached hydrogens (tertiary/aromatic N) is 2. The molecule has 2 heterocycles. The summed E-state index contributed by atoms with van der Waals surface area (Å²) in [6.07, 6.45) is 5.74. The van der Waals surface area contributed by atoms with Crippen molar-refractivity contribution in [1.29, 1.82) is 0 Å². The van der Waals surface area contributed by atoms with Gasteiger partial charge in [-0.15, -0.1) is 0 Å². The Balaban J connectivity index is 1.71. The van der Waals surface area contributed by atoms with Crippen LogP contribution in [0, 0.1) is 11.7 Å². The second-order valence-electron chi connectivity index (χ2n) is 5.65. The van der Waals surface area contributed by atoms with E-state index in [2.05, 4.69) is 22.1 Å². The zero-order valence-electron chi connectivity index (χ0n) is 10.8. The topological polar surface area (TPSA) is 28.2 Å². The van der Waals surface area contributed by atoms with Gasteiger partial charge in [0, 0.05) is 37.9 Å². The van der Waals surface area contributed by atoms with Crippen molar-refractivity contribution >= 4 is 0 Å². The molecule has 4 heteroatoms. The van der Waals surface area contributed by atoms with Gasteiger partial charge in [0.05, 0.1) is 6.20 Å². The summed E-state index contributed by atoms with van der Waals surface area (Å²) in [6.45, 7) is 5.13. The minimum atomic E-state index is -0.237. The first kappa shape index (κ1) is 12.1. The Morgan fingerprint density at radius 2 is 2.28 bits per heavy atom. The van der Waals surface area contributed by atoms with Crippen LogP contribution in [-0.2, 0) is 6.54 Å². The molecule has 0 aromatic carbocycles. The number of rotatable bonds is 3.